The lowest BCUT2D eigenvalue weighted by molar-refractivity contribution is 0.0936. The van der Waals surface area contributed by atoms with Gasteiger partial charge in [0.1, 0.15) is 11.2 Å². The van der Waals surface area contributed by atoms with Crippen molar-refractivity contribution in [1.82, 2.24) is 0 Å². The Kier molecular flexibility index (Phi) is 9.20. The third-order valence-corrected chi connectivity index (χ3v) is 3.22. The van der Waals surface area contributed by atoms with Crippen LogP contribution in [-0.4, -0.2) is 34.6 Å². The van der Waals surface area contributed by atoms with Crippen LogP contribution in [0.2, 0.25) is 0 Å². The zero-order valence-corrected chi connectivity index (χ0v) is 14.7. The highest BCUT2D eigenvalue weighted by Gasteiger charge is 2.21. The molecule has 0 aliphatic carbocycles. The predicted molar refractivity (Wildman–Crippen MR) is 88.0 cm³/mol. The van der Waals surface area contributed by atoms with Gasteiger partial charge in [0.25, 0.3) is 0 Å². The first kappa shape index (κ1) is 20.4. The second-order valence-electron chi connectivity index (χ2n) is 7.28. The van der Waals surface area contributed by atoms with Crippen molar-refractivity contribution < 1.29 is 14.9 Å². The molecule has 0 aromatic heterocycles. The van der Waals surface area contributed by atoms with E-state index in [0.717, 1.165) is 26.1 Å². The van der Waals surface area contributed by atoms with Crippen molar-refractivity contribution in [3.8, 4) is 11.8 Å². The summed E-state index contributed by atoms with van der Waals surface area (Å²) in [5.41, 5.74) is -1.99. The second-order valence-corrected chi connectivity index (χ2v) is 7.28. The lowest BCUT2D eigenvalue weighted by atomic mass is 9.92. The lowest BCUT2D eigenvalue weighted by Crippen LogP contribution is -2.26. The van der Waals surface area contributed by atoms with Crippen LogP contribution in [0.4, 0.5) is 0 Å². The minimum atomic E-state index is -0.994. The standard InChI is InChI=1S/C16H30O2.C2H4O/c1-13(2)7-9-15(5,17)11-12-16(6,18)10-8-14(3)4;1-2-3-1/h13-14,17-18H,7-10H2,1-6H3;1-2H2. The molecule has 1 saturated heterocycles. The predicted octanol–water partition coefficient (Wildman–Crippen LogP) is 3.38. The van der Waals surface area contributed by atoms with Gasteiger partial charge in [0.15, 0.2) is 0 Å². The molecule has 1 rings (SSSR count). The van der Waals surface area contributed by atoms with Gasteiger partial charge in [0, 0.05) is 0 Å². The fourth-order valence-corrected chi connectivity index (χ4v) is 1.53. The van der Waals surface area contributed by atoms with Gasteiger partial charge in [-0.15, -0.1) is 0 Å². The zero-order chi connectivity index (χ0) is 16.5. The fraction of sp³-hybridized carbons (Fsp3) is 0.889. The molecule has 1 heterocycles. The molecule has 1 aliphatic heterocycles. The summed E-state index contributed by atoms with van der Waals surface area (Å²) < 4.78 is 4.50. The Bertz CT molecular complexity index is 299. The molecule has 0 radical (unpaired) electrons. The molecule has 21 heavy (non-hydrogen) atoms. The molecule has 0 aromatic carbocycles. The molecule has 1 fully saturated rings. The van der Waals surface area contributed by atoms with Gasteiger partial charge in [-0.25, -0.2) is 0 Å². The molecule has 0 aromatic rings. The highest BCUT2D eigenvalue weighted by Crippen LogP contribution is 2.18. The van der Waals surface area contributed by atoms with Crippen molar-refractivity contribution in [1.29, 1.82) is 0 Å². The van der Waals surface area contributed by atoms with Crippen LogP contribution in [0.3, 0.4) is 0 Å². The average Bonchev–Trinajstić information content (AvgIpc) is 3.20. The number of epoxide rings is 1. The number of ether oxygens (including phenoxy) is 1. The maximum Gasteiger partial charge on any atom is 0.122 e. The van der Waals surface area contributed by atoms with Crippen molar-refractivity contribution in [2.75, 3.05) is 13.2 Å². The lowest BCUT2D eigenvalue weighted by Gasteiger charge is -2.21. The van der Waals surface area contributed by atoms with E-state index in [1.165, 1.54) is 0 Å². The summed E-state index contributed by atoms with van der Waals surface area (Å²) in [6.07, 6.45) is 3.18. The number of hydrogen-bond acceptors (Lipinski definition) is 3. The van der Waals surface area contributed by atoms with E-state index >= 15 is 0 Å². The van der Waals surface area contributed by atoms with Crippen molar-refractivity contribution in [3.63, 3.8) is 0 Å². The Morgan fingerprint density at radius 2 is 1.14 bits per heavy atom. The SMILES string of the molecule is C1CO1.CC(C)CCC(C)(O)C#CC(C)(O)CCC(C)C. The van der Waals surface area contributed by atoms with E-state index in [1.807, 2.05) is 0 Å². The average molecular weight is 298 g/mol. The van der Waals surface area contributed by atoms with Crippen LogP contribution in [0.1, 0.15) is 67.2 Å². The van der Waals surface area contributed by atoms with Crippen LogP contribution in [0.15, 0.2) is 0 Å². The second kappa shape index (κ2) is 9.46. The van der Waals surface area contributed by atoms with Crippen LogP contribution >= 0.6 is 0 Å². The van der Waals surface area contributed by atoms with Gasteiger partial charge in [-0.1, -0.05) is 39.5 Å². The van der Waals surface area contributed by atoms with Crippen molar-refractivity contribution in [2.24, 2.45) is 11.8 Å². The van der Waals surface area contributed by atoms with Gasteiger partial charge in [-0.2, -0.15) is 0 Å². The Morgan fingerprint density at radius 3 is 1.33 bits per heavy atom. The van der Waals surface area contributed by atoms with Crippen molar-refractivity contribution >= 4 is 0 Å². The first-order valence-corrected chi connectivity index (χ1v) is 8.11. The first-order valence-electron chi connectivity index (χ1n) is 8.11. The van der Waals surface area contributed by atoms with Gasteiger partial charge in [0.05, 0.1) is 13.2 Å². The molecule has 2 N–H and O–H groups in total. The first-order chi connectivity index (χ1) is 9.54. The maximum absolute atomic E-state index is 10.1. The number of aliphatic hydroxyl groups is 2. The Labute approximate surface area is 131 Å². The molecule has 2 atom stereocenters. The van der Waals surface area contributed by atoms with Crippen LogP contribution < -0.4 is 0 Å². The summed E-state index contributed by atoms with van der Waals surface area (Å²) in [6.45, 7) is 14.0. The third kappa shape index (κ3) is 15.6. The van der Waals surface area contributed by atoms with Gasteiger partial charge >= 0.3 is 0 Å². The van der Waals surface area contributed by atoms with Crippen molar-refractivity contribution in [3.05, 3.63) is 0 Å². The van der Waals surface area contributed by atoms with Crippen LogP contribution in [-0.2, 0) is 4.74 Å². The monoisotopic (exact) mass is 298 g/mol. The number of rotatable bonds is 6. The van der Waals surface area contributed by atoms with E-state index in [1.54, 1.807) is 13.8 Å². The topological polar surface area (TPSA) is 53.0 Å². The highest BCUT2D eigenvalue weighted by atomic mass is 16.6. The molecule has 0 spiro atoms. The summed E-state index contributed by atoms with van der Waals surface area (Å²) >= 11 is 0. The molecular formula is C18H34O3. The summed E-state index contributed by atoms with van der Waals surface area (Å²) in [7, 11) is 0. The van der Waals surface area contributed by atoms with E-state index in [-0.39, 0.29) is 0 Å². The summed E-state index contributed by atoms with van der Waals surface area (Å²) in [4.78, 5) is 0. The molecule has 0 saturated carbocycles. The Morgan fingerprint density at radius 1 is 0.857 bits per heavy atom. The van der Waals surface area contributed by atoms with Gasteiger partial charge in [-0.05, 0) is 51.4 Å². The molecule has 3 nitrogen and oxygen atoms in total. The van der Waals surface area contributed by atoms with Crippen LogP contribution in [0.25, 0.3) is 0 Å². The quantitative estimate of drug-likeness (QED) is 0.584. The molecule has 2 unspecified atom stereocenters. The number of hydrogen-bond donors (Lipinski definition) is 2. The molecule has 124 valence electrons. The largest absolute Gasteiger partial charge is 0.378 e. The molecule has 0 amide bonds. The third-order valence-electron chi connectivity index (χ3n) is 3.22. The Balaban J connectivity index is 0.00000117. The Hall–Kier alpha value is -0.560. The molecular weight excluding hydrogens is 264 g/mol. The molecule has 1 aliphatic rings. The summed E-state index contributed by atoms with van der Waals surface area (Å²) in [5.74, 6) is 6.78. The van der Waals surface area contributed by atoms with Crippen LogP contribution in [0, 0.1) is 23.7 Å². The zero-order valence-electron chi connectivity index (χ0n) is 14.7. The molecule has 0 bridgehead atoms. The maximum atomic E-state index is 10.1. The van der Waals surface area contributed by atoms with E-state index in [9.17, 15) is 10.2 Å². The van der Waals surface area contributed by atoms with E-state index in [4.69, 9.17) is 0 Å². The van der Waals surface area contributed by atoms with Gasteiger partial charge in [0.2, 0.25) is 0 Å². The van der Waals surface area contributed by atoms with Gasteiger partial charge in [-0.3, -0.25) is 0 Å². The van der Waals surface area contributed by atoms with E-state index in [2.05, 4.69) is 44.3 Å². The smallest absolute Gasteiger partial charge is 0.122 e. The van der Waals surface area contributed by atoms with Crippen molar-refractivity contribution in [2.45, 2.75) is 78.4 Å². The minimum Gasteiger partial charge on any atom is -0.378 e. The van der Waals surface area contributed by atoms with E-state index < -0.39 is 11.2 Å². The molecule has 3 heteroatoms. The minimum absolute atomic E-state index is 0.555. The fourth-order valence-electron chi connectivity index (χ4n) is 1.53. The van der Waals surface area contributed by atoms with Gasteiger partial charge < -0.3 is 14.9 Å². The summed E-state index contributed by atoms with van der Waals surface area (Å²) in [5, 5.41) is 20.2. The van der Waals surface area contributed by atoms with Crippen LogP contribution in [0.5, 0.6) is 0 Å². The summed E-state index contributed by atoms with van der Waals surface area (Å²) in [6, 6.07) is 0. The highest BCUT2D eigenvalue weighted by molar-refractivity contribution is 5.19. The van der Waals surface area contributed by atoms with E-state index in [0.29, 0.717) is 24.7 Å². The normalized spacial score (nSPS) is 19.0.